The smallest absolute Gasteiger partial charge is 0.257 e. The van der Waals surface area contributed by atoms with Crippen LogP contribution < -0.4 is 5.32 Å². The molecule has 0 aliphatic rings. The highest BCUT2D eigenvalue weighted by atomic mass is 79.9. The van der Waals surface area contributed by atoms with Crippen molar-refractivity contribution in [2.24, 2.45) is 0 Å². The van der Waals surface area contributed by atoms with Crippen molar-refractivity contribution in [2.75, 3.05) is 5.32 Å². The molecule has 0 radical (unpaired) electrons. The number of halogens is 2. The van der Waals surface area contributed by atoms with E-state index in [1.165, 1.54) is 6.20 Å². The summed E-state index contributed by atoms with van der Waals surface area (Å²) in [7, 11) is 0. The van der Waals surface area contributed by atoms with Crippen molar-refractivity contribution in [3.63, 3.8) is 0 Å². The van der Waals surface area contributed by atoms with Crippen molar-refractivity contribution in [2.45, 2.75) is 6.42 Å². The molecule has 2 heterocycles. The molecule has 27 heavy (non-hydrogen) atoms. The Bertz CT molecular complexity index is 1130. The van der Waals surface area contributed by atoms with Gasteiger partial charge in [-0.25, -0.2) is 4.98 Å². The van der Waals surface area contributed by atoms with Gasteiger partial charge in [-0.05, 0) is 57.9 Å². The highest BCUT2D eigenvalue weighted by molar-refractivity contribution is 9.10. The fraction of sp³-hybridized carbons (Fsp3) is 0.0500. The van der Waals surface area contributed by atoms with Crippen molar-refractivity contribution in [3.05, 3.63) is 87.4 Å². The van der Waals surface area contributed by atoms with Crippen molar-refractivity contribution < 1.29 is 9.21 Å². The lowest BCUT2D eigenvalue weighted by Gasteiger charge is -2.04. The molecular weight excluding hydrogens is 430 g/mol. The predicted molar refractivity (Wildman–Crippen MR) is 108 cm³/mol. The average Bonchev–Trinajstić information content (AvgIpc) is 3.05. The third-order valence-corrected chi connectivity index (χ3v) is 4.61. The zero-order valence-electron chi connectivity index (χ0n) is 13.9. The summed E-state index contributed by atoms with van der Waals surface area (Å²) in [5, 5.41) is 3.54. The topological polar surface area (TPSA) is 68.0 Å². The first-order valence-corrected chi connectivity index (χ1v) is 9.30. The maximum Gasteiger partial charge on any atom is 0.257 e. The van der Waals surface area contributed by atoms with Gasteiger partial charge in [0.1, 0.15) is 5.52 Å². The van der Waals surface area contributed by atoms with Crippen LogP contribution in [0.4, 0.5) is 5.69 Å². The average molecular weight is 443 g/mol. The summed E-state index contributed by atoms with van der Waals surface area (Å²) in [4.78, 5) is 20.9. The number of anilines is 1. The van der Waals surface area contributed by atoms with Gasteiger partial charge < -0.3 is 9.73 Å². The van der Waals surface area contributed by atoms with Crippen LogP contribution in [0.2, 0.25) is 5.02 Å². The molecule has 0 saturated carbocycles. The van der Waals surface area contributed by atoms with Crippen LogP contribution in [0.1, 0.15) is 21.8 Å². The Kier molecular flexibility index (Phi) is 4.92. The van der Waals surface area contributed by atoms with Crippen LogP contribution in [-0.2, 0) is 6.42 Å². The Balaban J connectivity index is 1.53. The minimum atomic E-state index is -0.243. The molecule has 2 aromatic heterocycles. The lowest BCUT2D eigenvalue weighted by molar-refractivity contribution is 0.102. The normalized spacial score (nSPS) is 10.9. The van der Waals surface area contributed by atoms with E-state index in [9.17, 15) is 4.79 Å². The summed E-state index contributed by atoms with van der Waals surface area (Å²) in [6.07, 6.45) is 3.71. The lowest BCUT2D eigenvalue weighted by atomic mass is 10.1. The first kappa shape index (κ1) is 17.7. The molecule has 4 aromatic rings. The molecule has 134 valence electrons. The van der Waals surface area contributed by atoms with Crippen molar-refractivity contribution in [1.29, 1.82) is 0 Å². The van der Waals surface area contributed by atoms with Gasteiger partial charge in [-0.1, -0.05) is 23.7 Å². The van der Waals surface area contributed by atoms with E-state index in [0.717, 1.165) is 10.0 Å². The van der Waals surface area contributed by atoms with Crippen LogP contribution in [0.25, 0.3) is 11.1 Å². The maximum atomic E-state index is 12.3. The first-order chi connectivity index (χ1) is 13.1. The molecule has 0 bridgehead atoms. The van der Waals surface area contributed by atoms with E-state index in [-0.39, 0.29) is 5.91 Å². The summed E-state index contributed by atoms with van der Waals surface area (Å²) in [5.41, 5.74) is 3.51. The number of carbonyl (C=O) groups excluding carboxylic acids is 1. The molecule has 7 heteroatoms. The third-order valence-electron chi connectivity index (χ3n) is 3.93. The van der Waals surface area contributed by atoms with Gasteiger partial charge in [-0.15, -0.1) is 0 Å². The van der Waals surface area contributed by atoms with Crippen LogP contribution in [0, 0.1) is 0 Å². The van der Waals surface area contributed by atoms with E-state index >= 15 is 0 Å². The maximum absolute atomic E-state index is 12.3. The Hall–Kier alpha value is -2.70. The zero-order chi connectivity index (χ0) is 18.8. The molecule has 0 spiro atoms. The molecule has 0 fully saturated rings. The molecule has 5 nitrogen and oxygen atoms in total. The summed E-state index contributed by atoms with van der Waals surface area (Å²) in [6, 6.07) is 14.6. The van der Waals surface area contributed by atoms with Crippen molar-refractivity contribution in [1.82, 2.24) is 9.97 Å². The number of hydrogen-bond acceptors (Lipinski definition) is 4. The Morgan fingerprint density at radius 2 is 1.93 bits per heavy atom. The number of hydrogen-bond donors (Lipinski definition) is 1. The second-order valence-electron chi connectivity index (χ2n) is 5.94. The van der Waals surface area contributed by atoms with Crippen LogP contribution in [0.5, 0.6) is 0 Å². The van der Waals surface area contributed by atoms with Crippen molar-refractivity contribution >= 4 is 50.2 Å². The Labute approximate surface area is 168 Å². The third kappa shape index (κ3) is 4.18. The van der Waals surface area contributed by atoms with Gasteiger partial charge in [0.2, 0.25) is 0 Å². The van der Waals surface area contributed by atoms with Gasteiger partial charge in [-0.2, -0.15) is 0 Å². The Morgan fingerprint density at radius 3 is 2.70 bits per heavy atom. The standard InChI is InChI=1S/C20H13BrClN3O2/c21-14-8-13(10-23-11-14)20(26)24-16-5-6-18-17(9-16)25-19(27-18)7-12-1-3-15(22)4-2-12/h1-6,8-11H,7H2,(H,24,26). The zero-order valence-corrected chi connectivity index (χ0v) is 16.3. The summed E-state index contributed by atoms with van der Waals surface area (Å²) in [5.74, 6) is 0.361. The van der Waals surface area contributed by atoms with E-state index < -0.39 is 0 Å². The largest absolute Gasteiger partial charge is 0.440 e. The quantitative estimate of drug-likeness (QED) is 0.454. The van der Waals surface area contributed by atoms with Crippen molar-refractivity contribution in [3.8, 4) is 0 Å². The second-order valence-corrected chi connectivity index (χ2v) is 7.29. The molecule has 0 aliphatic carbocycles. The molecule has 4 rings (SSSR count). The van der Waals surface area contributed by atoms with Gasteiger partial charge in [0.05, 0.1) is 5.56 Å². The van der Waals surface area contributed by atoms with Gasteiger partial charge in [0, 0.05) is 34.0 Å². The number of benzene rings is 2. The SMILES string of the molecule is O=C(Nc1ccc2oc(Cc3ccc(Cl)cc3)nc2c1)c1cncc(Br)c1. The van der Waals surface area contributed by atoms with Gasteiger partial charge in [-0.3, -0.25) is 9.78 Å². The van der Waals surface area contributed by atoms with Crippen LogP contribution >= 0.6 is 27.5 Å². The summed E-state index contributed by atoms with van der Waals surface area (Å²) in [6.45, 7) is 0. The minimum absolute atomic E-state index is 0.243. The van der Waals surface area contributed by atoms with Gasteiger partial charge in [0.25, 0.3) is 5.91 Å². The van der Waals surface area contributed by atoms with Crippen LogP contribution in [0.3, 0.4) is 0 Å². The number of rotatable bonds is 4. The molecule has 0 unspecified atom stereocenters. The van der Waals surface area contributed by atoms with Gasteiger partial charge in [0.15, 0.2) is 11.5 Å². The molecule has 2 aromatic carbocycles. The van der Waals surface area contributed by atoms with E-state index in [1.54, 1.807) is 30.5 Å². The van der Waals surface area contributed by atoms with Crippen LogP contribution in [0.15, 0.2) is 69.8 Å². The molecule has 1 N–H and O–H groups in total. The summed E-state index contributed by atoms with van der Waals surface area (Å²) < 4.78 is 6.53. The van der Waals surface area contributed by atoms with E-state index in [4.69, 9.17) is 16.0 Å². The number of aromatic nitrogens is 2. The number of oxazole rings is 1. The van der Waals surface area contributed by atoms with Gasteiger partial charge >= 0.3 is 0 Å². The molecule has 0 aliphatic heterocycles. The fourth-order valence-corrected chi connectivity index (χ4v) is 3.14. The molecule has 0 atom stereocenters. The number of amides is 1. The highest BCUT2D eigenvalue weighted by Crippen LogP contribution is 2.22. The lowest BCUT2D eigenvalue weighted by Crippen LogP contribution is -2.12. The number of nitrogens with zero attached hydrogens (tertiary/aromatic N) is 2. The number of fused-ring (bicyclic) bond motifs is 1. The molecular formula is C20H13BrClN3O2. The van der Waals surface area contributed by atoms with E-state index in [1.807, 2.05) is 24.3 Å². The second kappa shape index (κ2) is 7.50. The van der Waals surface area contributed by atoms with E-state index in [0.29, 0.717) is 39.7 Å². The molecule has 1 amide bonds. The summed E-state index contributed by atoms with van der Waals surface area (Å²) >= 11 is 9.22. The minimum Gasteiger partial charge on any atom is -0.440 e. The number of pyridine rings is 1. The number of nitrogens with one attached hydrogen (secondary N) is 1. The fourth-order valence-electron chi connectivity index (χ4n) is 2.64. The monoisotopic (exact) mass is 441 g/mol. The van der Waals surface area contributed by atoms with Crippen LogP contribution in [-0.4, -0.2) is 15.9 Å². The number of carbonyl (C=O) groups is 1. The predicted octanol–water partition coefficient (Wildman–Crippen LogP) is 5.48. The Morgan fingerprint density at radius 1 is 1.11 bits per heavy atom. The van der Waals surface area contributed by atoms with E-state index in [2.05, 4.69) is 31.2 Å². The molecule has 0 saturated heterocycles. The first-order valence-electron chi connectivity index (χ1n) is 8.13. The highest BCUT2D eigenvalue weighted by Gasteiger charge is 2.11.